The predicted octanol–water partition coefficient (Wildman–Crippen LogP) is 2.04. The third kappa shape index (κ3) is 5.17. The van der Waals surface area contributed by atoms with E-state index in [9.17, 15) is 19.4 Å². The molecule has 0 aliphatic heterocycles. The summed E-state index contributed by atoms with van der Waals surface area (Å²) in [5, 5.41) is 22.6. The van der Waals surface area contributed by atoms with Crippen molar-refractivity contribution in [3.05, 3.63) is 65.0 Å². The maximum Gasteiger partial charge on any atom is 0.407 e. The van der Waals surface area contributed by atoms with Gasteiger partial charge >= 0.3 is 6.09 Å². The lowest BCUT2D eigenvalue weighted by Gasteiger charge is -2.21. The van der Waals surface area contributed by atoms with Gasteiger partial charge in [0, 0.05) is 12.2 Å². The minimum atomic E-state index is -1.40. The number of anilines is 1. The highest BCUT2D eigenvalue weighted by Crippen LogP contribution is 2.26. The van der Waals surface area contributed by atoms with Crippen molar-refractivity contribution < 1.29 is 24.1 Å². The number of ether oxygens (including phenoxy) is 1. The average Bonchev–Trinajstić information content (AvgIpc) is 2.61. The Hall–Kier alpha value is -2.64. The van der Waals surface area contributed by atoms with Gasteiger partial charge in [-0.3, -0.25) is 0 Å². The molecule has 0 fully saturated rings. The van der Waals surface area contributed by atoms with E-state index in [1.807, 2.05) is 30.3 Å². The van der Waals surface area contributed by atoms with Gasteiger partial charge in [0.1, 0.15) is 24.6 Å². The summed E-state index contributed by atoms with van der Waals surface area (Å²) in [6.07, 6.45) is -3.47. The van der Waals surface area contributed by atoms with Gasteiger partial charge in [-0.1, -0.05) is 30.3 Å². The summed E-state index contributed by atoms with van der Waals surface area (Å²) < 4.78 is 18.4. The zero-order chi connectivity index (χ0) is 18.4. The Balaban J connectivity index is 1.87. The smallest absolute Gasteiger partial charge is 0.407 e. The van der Waals surface area contributed by atoms with Gasteiger partial charge in [-0.25, -0.2) is 9.18 Å². The first kappa shape index (κ1) is 18.7. The quantitative estimate of drug-likeness (QED) is 0.598. The lowest BCUT2D eigenvalue weighted by molar-refractivity contribution is 0.0179. The summed E-state index contributed by atoms with van der Waals surface area (Å²) in [6.45, 7) is 1.44. The van der Waals surface area contributed by atoms with E-state index in [0.717, 1.165) is 17.7 Å². The van der Waals surface area contributed by atoms with Gasteiger partial charge in [0.15, 0.2) is 0 Å². The summed E-state index contributed by atoms with van der Waals surface area (Å²) in [5.74, 6) is -0.611. The van der Waals surface area contributed by atoms with Crippen LogP contribution in [0.5, 0.6) is 0 Å². The zero-order valence-electron chi connectivity index (χ0n) is 13.8. The van der Waals surface area contributed by atoms with Crippen LogP contribution in [0.1, 0.15) is 22.8 Å². The molecular formula is C18H21FN2O4. The first-order valence-corrected chi connectivity index (χ1v) is 7.74. The maximum absolute atomic E-state index is 13.4. The SMILES string of the molecule is Cc1c(N)cc(F)cc1C(O)C(O)CNC(=O)OCc1ccccc1. The minimum Gasteiger partial charge on any atom is -0.445 e. The van der Waals surface area contributed by atoms with Gasteiger partial charge in [-0.15, -0.1) is 0 Å². The standard InChI is InChI=1S/C18H21FN2O4/c1-11-14(7-13(19)8-15(11)20)17(23)16(22)9-21-18(24)25-10-12-5-3-2-4-6-12/h2-8,16-17,22-23H,9-10,20H2,1H3,(H,21,24). The fourth-order valence-corrected chi connectivity index (χ4v) is 2.31. The molecule has 0 aliphatic rings. The third-order valence-corrected chi connectivity index (χ3v) is 3.80. The lowest BCUT2D eigenvalue weighted by Crippen LogP contribution is -2.36. The molecule has 2 aromatic rings. The first-order chi connectivity index (χ1) is 11.9. The Morgan fingerprint density at radius 1 is 1.28 bits per heavy atom. The van der Waals surface area contributed by atoms with Gasteiger partial charge < -0.3 is 26.0 Å². The highest BCUT2D eigenvalue weighted by atomic mass is 19.1. The molecule has 2 unspecified atom stereocenters. The molecule has 2 atom stereocenters. The largest absolute Gasteiger partial charge is 0.445 e. The molecule has 1 amide bonds. The number of alkyl carbamates (subject to hydrolysis) is 1. The molecule has 25 heavy (non-hydrogen) atoms. The molecule has 134 valence electrons. The number of hydrogen-bond acceptors (Lipinski definition) is 5. The molecular weight excluding hydrogens is 327 g/mol. The summed E-state index contributed by atoms with van der Waals surface area (Å²) in [4.78, 5) is 11.6. The summed E-state index contributed by atoms with van der Waals surface area (Å²) in [7, 11) is 0. The van der Waals surface area contributed by atoms with Crippen LogP contribution in [0.2, 0.25) is 0 Å². The fraction of sp³-hybridized carbons (Fsp3) is 0.278. The van der Waals surface area contributed by atoms with Crippen LogP contribution < -0.4 is 11.1 Å². The number of nitrogens with one attached hydrogen (secondary N) is 1. The van der Waals surface area contributed by atoms with Crippen LogP contribution in [0.15, 0.2) is 42.5 Å². The van der Waals surface area contributed by atoms with E-state index in [1.54, 1.807) is 6.92 Å². The molecule has 2 aromatic carbocycles. The summed E-state index contributed by atoms with van der Waals surface area (Å²) >= 11 is 0. The van der Waals surface area contributed by atoms with Gasteiger partial charge in [0.25, 0.3) is 0 Å². The first-order valence-electron chi connectivity index (χ1n) is 7.74. The van der Waals surface area contributed by atoms with Crippen molar-refractivity contribution in [1.29, 1.82) is 0 Å². The second kappa shape index (κ2) is 8.46. The minimum absolute atomic E-state index is 0.0882. The molecule has 0 heterocycles. The Labute approximate surface area is 145 Å². The number of hydrogen-bond donors (Lipinski definition) is 4. The Kier molecular flexibility index (Phi) is 6.32. The molecule has 0 bridgehead atoms. The molecule has 6 nitrogen and oxygen atoms in total. The molecule has 0 radical (unpaired) electrons. The molecule has 0 saturated heterocycles. The number of carbonyl (C=O) groups is 1. The molecule has 7 heteroatoms. The number of aliphatic hydroxyl groups is 2. The second-order valence-electron chi connectivity index (χ2n) is 5.66. The topological polar surface area (TPSA) is 105 Å². The summed E-state index contributed by atoms with van der Waals surface area (Å²) in [6, 6.07) is 11.4. The van der Waals surface area contributed by atoms with Crippen molar-refractivity contribution in [3.63, 3.8) is 0 Å². The Morgan fingerprint density at radius 3 is 2.64 bits per heavy atom. The summed E-state index contributed by atoms with van der Waals surface area (Å²) in [5.41, 5.74) is 7.30. The Bertz CT molecular complexity index is 725. The highest BCUT2D eigenvalue weighted by molar-refractivity contribution is 5.67. The van der Waals surface area contributed by atoms with E-state index in [1.165, 1.54) is 0 Å². The average molecular weight is 348 g/mol. The molecule has 5 N–H and O–H groups in total. The van der Waals surface area contributed by atoms with E-state index in [0.29, 0.717) is 5.56 Å². The van der Waals surface area contributed by atoms with Crippen LogP contribution in [-0.2, 0) is 11.3 Å². The molecule has 0 aliphatic carbocycles. The van der Waals surface area contributed by atoms with Gasteiger partial charge in [0.2, 0.25) is 0 Å². The van der Waals surface area contributed by atoms with Gasteiger partial charge in [-0.2, -0.15) is 0 Å². The van der Waals surface area contributed by atoms with E-state index in [2.05, 4.69) is 5.32 Å². The molecule has 2 rings (SSSR count). The van der Waals surface area contributed by atoms with Crippen molar-refractivity contribution in [3.8, 4) is 0 Å². The number of benzene rings is 2. The van der Waals surface area contributed by atoms with Crippen molar-refractivity contribution in [1.82, 2.24) is 5.32 Å². The monoisotopic (exact) mass is 348 g/mol. The van der Waals surface area contributed by atoms with Crippen LogP contribution in [0.4, 0.5) is 14.9 Å². The molecule has 0 spiro atoms. The molecule has 0 saturated carbocycles. The van der Waals surface area contributed by atoms with E-state index in [-0.39, 0.29) is 24.4 Å². The van der Waals surface area contributed by atoms with E-state index >= 15 is 0 Å². The normalized spacial score (nSPS) is 13.1. The number of aliphatic hydroxyl groups excluding tert-OH is 2. The second-order valence-corrected chi connectivity index (χ2v) is 5.66. The van der Waals surface area contributed by atoms with Gasteiger partial charge in [-0.05, 0) is 35.7 Å². The zero-order valence-corrected chi connectivity index (χ0v) is 13.8. The van der Waals surface area contributed by atoms with Crippen LogP contribution in [0.3, 0.4) is 0 Å². The number of amides is 1. The van der Waals surface area contributed by atoms with Crippen molar-refractivity contribution in [2.75, 3.05) is 12.3 Å². The third-order valence-electron chi connectivity index (χ3n) is 3.80. The lowest BCUT2D eigenvalue weighted by atomic mass is 9.98. The van der Waals surface area contributed by atoms with Crippen LogP contribution in [0.25, 0.3) is 0 Å². The van der Waals surface area contributed by atoms with Gasteiger partial charge in [0.05, 0.1) is 0 Å². The van der Waals surface area contributed by atoms with Crippen LogP contribution in [-0.4, -0.2) is 29.0 Å². The van der Waals surface area contributed by atoms with Crippen molar-refractivity contribution in [2.24, 2.45) is 0 Å². The number of carbonyl (C=O) groups excluding carboxylic acids is 1. The maximum atomic E-state index is 13.4. The number of nitrogens with two attached hydrogens (primary N) is 1. The van der Waals surface area contributed by atoms with E-state index < -0.39 is 24.1 Å². The van der Waals surface area contributed by atoms with Crippen LogP contribution in [0, 0.1) is 12.7 Å². The Morgan fingerprint density at radius 2 is 1.96 bits per heavy atom. The number of halogens is 1. The fourth-order valence-electron chi connectivity index (χ4n) is 2.31. The van der Waals surface area contributed by atoms with Crippen molar-refractivity contribution in [2.45, 2.75) is 25.7 Å². The van der Waals surface area contributed by atoms with Crippen molar-refractivity contribution >= 4 is 11.8 Å². The van der Waals surface area contributed by atoms with Crippen LogP contribution >= 0.6 is 0 Å². The predicted molar refractivity (Wildman–Crippen MR) is 91.1 cm³/mol. The number of nitrogen functional groups attached to an aromatic ring is 1. The molecule has 0 aromatic heterocycles. The highest BCUT2D eigenvalue weighted by Gasteiger charge is 2.22. The number of rotatable bonds is 6. The van der Waals surface area contributed by atoms with E-state index in [4.69, 9.17) is 10.5 Å².